The normalized spacial score (nSPS) is 15.4. The van der Waals surface area contributed by atoms with Gasteiger partial charge in [0.05, 0.1) is 18.6 Å². The molecule has 0 unspecified atom stereocenters. The maximum atomic E-state index is 12.4. The summed E-state index contributed by atoms with van der Waals surface area (Å²) in [5.41, 5.74) is 1.54. The molecule has 1 heterocycles. The van der Waals surface area contributed by atoms with Gasteiger partial charge in [-0.05, 0) is 37.1 Å². The van der Waals surface area contributed by atoms with Crippen LogP contribution in [0.2, 0.25) is 0 Å². The van der Waals surface area contributed by atoms with Crippen LogP contribution in [-0.4, -0.2) is 31.9 Å². The number of ether oxygens (including phenoxy) is 3. The molecule has 1 aliphatic rings. The molecule has 3 rings (SSSR count). The molecule has 0 N–H and O–H groups in total. The van der Waals surface area contributed by atoms with Gasteiger partial charge in [-0.25, -0.2) is 0 Å². The molecule has 4 nitrogen and oxygen atoms in total. The molecule has 2 aromatic carbocycles. The maximum Gasteiger partial charge on any atom is 0.180 e. The Balaban J connectivity index is 1.59. The number of rotatable bonds is 6. The van der Waals surface area contributed by atoms with Gasteiger partial charge < -0.3 is 14.2 Å². The molecule has 0 radical (unpaired) electrons. The van der Waals surface area contributed by atoms with E-state index in [0.29, 0.717) is 19.0 Å². The number of Topliss-reactive ketones (excluding diaryl/α,β-unsaturated/α-hetero) is 1. The molecule has 1 aliphatic heterocycles. The van der Waals surface area contributed by atoms with E-state index in [1.165, 1.54) is 0 Å². The molecule has 126 valence electrons. The fourth-order valence-electron chi connectivity index (χ4n) is 2.62. The Morgan fingerprint density at radius 2 is 1.58 bits per heavy atom. The van der Waals surface area contributed by atoms with E-state index >= 15 is 0 Å². The largest absolute Gasteiger partial charge is 0.486 e. The lowest BCUT2D eigenvalue weighted by atomic mass is 9.87. The van der Waals surface area contributed by atoms with Crippen LogP contribution in [0.1, 0.15) is 13.8 Å². The Morgan fingerprint density at radius 1 is 1.00 bits per heavy atom. The van der Waals surface area contributed by atoms with Gasteiger partial charge in [-0.15, -0.1) is 0 Å². The van der Waals surface area contributed by atoms with E-state index in [1.54, 1.807) is 0 Å². The monoisotopic (exact) mass is 326 g/mol. The van der Waals surface area contributed by atoms with Crippen LogP contribution in [0.15, 0.2) is 54.6 Å². The molecular weight excluding hydrogens is 304 g/mol. The lowest BCUT2D eigenvalue weighted by Crippen LogP contribution is -2.40. The number of benzene rings is 2. The highest BCUT2D eigenvalue weighted by Crippen LogP contribution is 2.29. The third kappa shape index (κ3) is 3.66. The van der Waals surface area contributed by atoms with Crippen molar-refractivity contribution in [1.82, 2.24) is 0 Å². The Bertz CT molecular complexity index is 671. The van der Waals surface area contributed by atoms with Gasteiger partial charge in [-0.2, -0.15) is 0 Å². The van der Waals surface area contributed by atoms with E-state index in [9.17, 15) is 4.79 Å². The topological polar surface area (TPSA) is 44.8 Å². The summed E-state index contributed by atoms with van der Waals surface area (Å²) in [7, 11) is 0. The van der Waals surface area contributed by atoms with Crippen LogP contribution in [0.25, 0.3) is 11.1 Å². The van der Waals surface area contributed by atoms with E-state index in [0.717, 1.165) is 11.1 Å². The van der Waals surface area contributed by atoms with Crippen LogP contribution in [0.3, 0.4) is 0 Å². The van der Waals surface area contributed by atoms with Gasteiger partial charge in [-0.1, -0.05) is 42.5 Å². The highest BCUT2D eigenvalue weighted by Gasteiger charge is 2.40. The van der Waals surface area contributed by atoms with Crippen molar-refractivity contribution in [1.29, 1.82) is 0 Å². The molecule has 0 saturated carbocycles. The van der Waals surface area contributed by atoms with Crippen LogP contribution in [0, 0.1) is 5.41 Å². The zero-order valence-corrected chi connectivity index (χ0v) is 14.0. The van der Waals surface area contributed by atoms with Gasteiger partial charge in [0.1, 0.15) is 12.4 Å². The van der Waals surface area contributed by atoms with Gasteiger partial charge in [0.2, 0.25) is 0 Å². The van der Waals surface area contributed by atoms with Gasteiger partial charge in [0, 0.05) is 0 Å². The molecule has 24 heavy (non-hydrogen) atoms. The first-order valence-corrected chi connectivity index (χ1v) is 8.12. The summed E-state index contributed by atoms with van der Waals surface area (Å²) in [6, 6.07) is 17.9. The first-order valence-electron chi connectivity index (χ1n) is 8.12. The van der Waals surface area contributed by atoms with Gasteiger partial charge in [-0.3, -0.25) is 4.79 Å². The molecule has 0 amide bonds. The van der Waals surface area contributed by atoms with Crippen molar-refractivity contribution in [3.63, 3.8) is 0 Å². The molecule has 1 saturated heterocycles. The Morgan fingerprint density at radius 3 is 2.21 bits per heavy atom. The van der Waals surface area contributed by atoms with E-state index in [2.05, 4.69) is 12.1 Å². The van der Waals surface area contributed by atoms with E-state index in [1.807, 2.05) is 56.3 Å². The minimum atomic E-state index is -0.722. The number of hydrogen-bond donors (Lipinski definition) is 0. The minimum absolute atomic E-state index is 0.000896. The number of carbonyl (C=O) groups is 1. The van der Waals surface area contributed by atoms with Crippen LogP contribution < -0.4 is 4.74 Å². The molecule has 0 aliphatic carbocycles. The second-order valence-electron chi connectivity index (χ2n) is 6.40. The highest BCUT2D eigenvalue weighted by atomic mass is 16.7. The zero-order valence-electron chi connectivity index (χ0n) is 14.0. The predicted octanol–water partition coefficient (Wildman–Crippen LogP) is 3.70. The molecule has 4 heteroatoms. The fraction of sp³-hybridized carbons (Fsp3) is 0.350. The highest BCUT2D eigenvalue weighted by molar-refractivity contribution is 5.86. The van der Waals surface area contributed by atoms with Crippen LogP contribution >= 0.6 is 0 Å². The average Bonchev–Trinajstić information content (AvgIpc) is 3.16. The summed E-state index contributed by atoms with van der Waals surface area (Å²) >= 11 is 0. The van der Waals surface area contributed by atoms with E-state index in [4.69, 9.17) is 14.2 Å². The summed E-state index contributed by atoms with van der Waals surface area (Å²) in [6.07, 6.45) is -0.492. The van der Waals surface area contributed by atoms with Gasteiger partial charge in [0.25, 0.3) is 0 Å². The predicted molar refractivity (Wildman–Crippen MR) is 91.9 cm³/mol. The standard InChI is InChI=1S/C20H22O4/c1-20(2,19-22-12-13-23-19)18(21)14-24-17-10-8-16(9-11-17)15-6-4-3-5-7-15/h3-11,19H,12-14H2,1-2H3. The van der Waals surface area contributed by atoms with Crippen molar-refractivity contribution in [3.8, 4) is 16.9 Å². The van der Waals surface area contributed by atoms with E-state index in [-0.39, 0.29) is 12.4 Å². The molecule has 0 bridgehead atoms. The Kier molecular flexibility index (Phi) is 4.97. The molecular formula is C20H22O4. The number of carbonyl (C=O) groups excluding carboxylic acids is 1. The second kappa shape index (κ2) is 7.16. The quantitative estimate of drug-likeness (QED) is 0.812. The van der Waals surface area contributed by atoms with Gasteiger partial charge in [0.15, 0.2) is 12.1 Å². The molecule has 0 atom stereocenters. The summed E-state index contributed by atoms with van der Waals surface area (Å²) in [6.45, 7) is 4.72. The van der Waals surface area contributed by atoms with Gasteiger partial charge >= 0.3 is 0 Å². The van der Waals surface area contributed by atoms with Crippen molar-refractivity contribution in [2.75, 3.05) is 19.8 Å². The molecule has 0 spiro atoms. The summed E-state index contributed by atoms with van der Waals surface area (Å²) < 4.78 is 16.6. The lowest BCUT2D eigenvalue weighted by molar-refractivity contribution is -0.157. The lowest BCUT2D eigenvalue weighted by Gasteiger charge is -2.28. The van der Waals surface area contributed by atoms with Crippen LogP contribution in [0.4, 0.5) is 0 Å². The Hall–Kier alpha value is -2.17. The van der Waals surface area contributed by atoms with Crippen molar-refractivity contribution >= 4 is 5.78 Å². The van der Waals surface area contributed by atoms with Crippen molar-refractivity contribution in [2.24, 2.45) is 5.41 Å². The van der Waals surface area contributed by atoms with Crippen LogP contribution in [-0.2, 0) is 14.3 Å². The second-order valence-corrected chi connectivity index (χ2v) is 6.40. The third-order valence-electron chi connectivity index (χ3n) is 4.26. The summed E-state index contributed by atoms with van der Waals surface area (Å²) in [4.78, 5) is 12.4. The minimum Gasteiger partial charge on any atom is -0.486 e. The van der Waals surface area contributed by atoms with E-state index < -0.39 is 11.7 Å². The fourth-order valence-corrected chi connectivity index (χ4v) is 2.62. The van der Waals surface area contributed by atoms with Crippen molar-refractivity contribution in [2.45, 2.75) is 20.1 Å². The first kappa shape index (κ1) is 16.7. The third-order valence-corrected chi connectivity index (χ3v) is 4.26. The molecule has 2 aromatic rings. The zero-order chi connectivity index (χ0) is 17.0. The van der Waals surface area contributed by atoms with Crippen molar-refractivity contribution < 1.29 is 19.0 Å². The Labute approximate surface area is 142 Å². The first-order chi connectivity index (χ1) is 11.6. The number of hydrogen-bond acceptors (Lipinski definition) is 4. The van der Waals surface area contributed by atoms with Crippen LogP contribution in [0.5, 0.6) is 5.75 Å². The smallest absolute Gasteiger partial charge is 0.180 e. The molecule has 1 fully saturated rings. The molecule has 0 aromatic heterocycles. The van der Waals surface area contributed by atoms with Crippen molar-refractivity contribution in [3.05, 3.63) is 54.6 Å². The summed E-state index contributed by atoms with van der Waals surface area (Å²) in [5.74, 6) is 0.633. The SMILES string of the molecule is CC(C)(C(=O)COc1ccc(-c2ccccc2)cc1)C1OCCO1. The number of ketones is 1. The summed E-state index contributed by atoms with van der Waals surface area (Å²) in [5, 5.41) is 0. The average molecular weight is 326 g/mol. The maximum absolute atomic E-state index is 12.4.